The van der Waals surface area contributed by atoms with Gasteiger partial charge in [-0.3, -0.25) is 14.5 Å². The average Bonchev–Trinajstić information content (AvgIpc) is 3.32. The van der Waals surface area contributed by atoms with Crippen molar-refractivity contribution in [2.75, 3.05) is 49.8 Å². The minimum Gasteiger partial charge on any atom is -0.379 e. The highest BCUT2D eigenvalue weighted by Crippen LogP contribution is 2.28. The van der Waals surface area contributed by atoms with Crippen molar-refractivity contribution in [3.8, 4) is 0 Å². The molecule has 0 aliphatic carbocycles. The second-order valence-electron chi connectivity index (χ2n) is 10.6. The summed E-state index contributed by atoms with van der Waals surface area (Å²) in [5, 5.41) is 4.40. The number of rotatable bonds is 15. The van der Waals surface area contributed by atoms with Crippen LogP contribution in [0.5, 0.6) is 0 Å². The number of nitrogens with zero attached hydrogens (tertiary/aromatic N) is 3. The summed E-state index contributed by atoms with van der Waals surface area (Å²) in [7, 11) is -3.42. The van der Waals surface area contributed by atoms with Crippen LogP contribution < -0.4 is 0 Å². The molecule has 1 aliphatic heterocycles. The Kier molecular flexibility index (Phi) is 11.7. The van der Waals surface area contributed by atoms with Crippen LogP contribution in [0.15, 0.2) is 29.6 Å². The number of ketones is 2. The lowest BCUT2D eigenvalue weighted by atomic mass is 9.90. The van der Waals surface area contributed by atoms with E-state index in [1.54, 1.807) is 30.1 Å². The minimum absolute atomic E-state index is 0.0789. The Morgan fingerprint density at radius 2 is 1.80 bits per heavy atom. The number of ether oxygens (including phenoxy) is 1. The van der Waals surface area contributed by atoms with Crippen LogP contribution >= 0.6 is 11.8 Å². The van der Waals surface area contributed by atoms with E-state index >= 15 is 0 Å². The number of morpholine rings is 1. The maximum Gasteiger partial charge on any atom is 0.335 e. The summed E-state index contributed by atoms with van der Waals surface area (Å²) in [6.07, 6.45) is 3.65. The van der Waals surface area contributed by atoms with Crippen LogP contribution in [-0.2, 0) is 30.8 Å². The van der Waals surface area contributed by atoms with Crippen molar-refractivity contribution in [2.45, 2.75) is 59.0 Å². The topological polar surface area (TPSA) is 124 Å². The molecule has 226 valence electrons. The van der Waals surface area contributed by atoms with Gasteiger partial charge in [0.15, 0.2) is 5.78 Å². The van der Waals surface area contributed by atoms with Crippen LogP contribution in [0.1, 0.15) is 67.7 Å². The first-order valence-electron chi connectivity index (χ1n) is 14.0. The Labute approximate surface area is 246 Å². The van der Waals surface area contributed by atoms with E-state index in [0.29, 0.717) is 49.6 Å². The van der Waals surface area contributed by atoms with Crippen molar-refractivity contribution in [2.24, 2.45) is 5.16 Å². The zero-order valence-electron chi connectivity index (χ0n) is 24.6. The van der Waals surface area contributed by atoms with Gasteiger partial charge in [-0.2, -0.15) is 11.8 Å². The quantitative estimate of drug-likeness (QED) is 0.0971. The lowest BCUT2D eigenvalue weighted by molar-refractivity contribution is -0.143. The molecule has 0 saturated carbocycles. The fraction of sp³-hybridized carbons (Fsp3) is 0.586. The van der Waals surface area contributed by atoms with Crippen LogP contribution in [0.25, 0.3) is 10.9 Å². The summed E-state index contributed by atoms with van der Waals surface area (Å²) in [5.41, 5.74) is 0.542. The highest BCUT2D eigenvalue weighted by Gasteiger charge is 2.36. The van der Waals surface area contributed by atoms with E-state index < -0.39 is 27.1 Å². The summed E-state index contributed by atoms with van der Waals surface area (Å²) in [6.45, 7) is 10.7. The van der Waals surface area contributed by atoms with Gasteiger partial charge in [0.2, 0.25) is 5.78 Å². The van der Waals surface area contributed by atoms with E-state index in [1.165, 1.54) is 0 Å². The van der Waals surface area contributed by atoms with Gasteiger partial charge in [-0.1, -0.05) is 12.1 Å². The number of aryl methyl sites for hydroxylation is 1. The van der Waals surface area contributed by atoms with Crippen LogP contribution in [0, 0.1) is 0 Å². The highest BCUT2D eigenvalue weighted by atomic mass is 32.2. The molecule has 1 aromatic heterocycles. The lowest BCUT2D eigenvalue weighted by Gasteiger charge is -2.39. The van der Waals surface area contributed by atoms with Gasteiger partial charge < -0.3 is 14.1 Å². The second kappa shape index (κ2) is 14.6. The summed E-state index contributed by atoms with van der Waals surface area (Å²) in [4.78, 5) is 46.9. The Morgan fingerprint density at radius 3 is 2.44 bits per heavy atom. The number of hydrogen-bond donors (Lipinski definition) is 0. The molecule has 1 saturated heterocycles. The van der Waals surface area contributed by atoms with Crippen molar-refractivity contribution >= 4 is 55.7 Å². The Bertz CT molecular complexity index is 1390. The predicted octanol–water partition coefficient (Wildman–Crippen LogP) is 4.00. The van der Waals surface area contributed by atoms with Crippen molar-refractivity contribution in [3.63, 3.8) is 0 Å². The number of Topliss-reactive ketones (excluding diaryl/α,β-unsaturated/α-hetero) is 2. The van der Waals surface area contributed by atoms with Crippen molar-refractivity contribution in [1.82, 2.24) is 9.47 Å². The zero-order chi connectivity index (χ0) is 30.2. The molecule has 0 atom stereocenters. The summed E-state index contributed by atoms with van der Waals surface area (Å²) < 4.78 is 31.2. The molecule has 0 spiro atoms. The van der Waals surface area contributed by atoms with E-state index in [4.69, 9.17) is 9.57 Å². The van der Waals surface area contributed by atoms with Crippen LogP contribution in [0.3, 0.4) is 0 Å². The molecule has 3 rings (SSSR count). The maximum atomic E-state index is 13.8. The molecule has 0 unspecified atom stereocenters. The number of hydrogen-bond acceptors (Lipinski definition) is 10. The van der Waals surface area contributed by atoms with Gasteiger partial charge in [0.25, 0.3) is 0 Å². The number of oxime groups is 1. The predicted molar refractivity (Wildman–Crippen MR) is 163 cm³/mol. The van der Waals surface area contributed by atoms with Crippen LogP contribution in [0.4, 0.5) is 0 Å². The third-order valence-electron chi connectivity index (χ3n) is 7.11. The number of aromatic nitrogens is 1. The molecule has 1 aliphatic rings. The molecule has 0 amide bonds. The minimum atomic E-state index is -3.42. The molecule has 1 aromatic carbocycles. The lowest BCUT2D eigenvalue weighted by Crippen LogP contribution is -2.54. The molecule has 41 heavy (non-hydrogen) atoms. The molecule has 0 bridgehead atoms. The normalized spacial score (nSPS) is 15.3. The standard InChI is InChI=1S/C29H41N3O7S2/c1-6-16-40-17-10-26(33)39-30-24(11-18-41(5,36)37)27(34)23-20-31(7-2)25-9-8-21(19-22(23)25)28(35)29(3,4)32-12-14-38-15-13-32/h8-9,19-20H,6-7,10-18H2,1-5H3/b30-24+. The van der Waals surface area contributed by atoms with E-state index in [1.807, 2.05) is 31.4 Å². The summed E-state index contributed by atoms with van der Waals surface area (Å²) >= 11 is 1.62. The molecule has 1 fully saturated rings. The van der Waals surface area contributed by atoms with E-state index in [9.17, 15) is 22.8 Å². The Hall–Kier alpha value is -2.54. The smallest absolute Gasteiger partial charge is 0.335 e. The van der Waals surface area contributed by atoms with Crippen molar-refractivity contribution in [3.05, 3.63) is 35.5 Å². The third kappa shape index (κ3) is 8.73. The number of benzene rings is 1. The van der Waals surface area contributed by atoms with Gasteiger partial charge >= 0.3 is 5.97 Å². The molecular formula is C29H41N3O7S2. The number of thioether (sulfide) groups is 1. The Morgan fingerprint density at radius 1 is 1.10 bits per heavy atom. The zero-order valence-corrected chi connectivity index (χ0v) is 26.2. The fourth-order valence-electron chi connectivity index (χ4n) is 4.69. The molecule has 12 heteroatoms. The summed E-state index contributed by atoms with van der Waals surface area (Å²) in [6, 6.07) is 5.30. The van der Waals surface area contributed by atoms with Crippen LogP contribution in [-0.4, -0.2) is 96.5 Å². The van der Waals surface area contributed by atoms with Gasteiger partial charge in [-0.25, -0.2) is 13.2 Å². The first kappa shape index (κ1) is 33.0. The maximum absolute atomic E-state index is 13.8. The summed E-state index contributed by atoms with van der Waals surface area (Å²) in [5.74, 6) is -0.0558. The molecule has 0 N–H and O–H groups in total. The molecule has 0 radical (unpaired) electrons. The van der Waals surface area contributed by atoms with E-state index in [-0.39, 0.29) is 35.7 Å². The van der Waals surface area contributed by atoms with E-state index in [2.05, 4.69) is 17.0 Å². The first-order valence-corrected chi connectivity index (χ1v) is 17.2. The van der Waals surface area contributed by atoms with Gasteiger partial charge in [0.1, 0.15) is 15.5 Å². The molecular weight excluding hydrogens is 566 g/mol. The third-order valence-corrected chi connectivity index (χ3v) is 9.25. The highest BCUT2D eigenvalue weighted by molar-refractivity contribution is 7.99. The largest absolute Gasteiger partial charge is 0.379 e. The van der Waals surface area contributed by atoms with Crippen LogP contribution in [0.2, 0.25) is 0 Å². The second-order valence-corrected chi connectivity index (χ2v) is 14.1. The van der Waals surface area contributed by atoms with Crippen molar-refractivity contribution < 1.29 is 32.4 Å². The number of carbonyl (C=O) groups is 3. The van der Waals surface area contributed by atoms with E-state index in [0.717, 1.165) is 23.9 Å². The van der Waals surface area contributed by atoms with Gasteiger partial charge in [-0.05, 0) is 51.1 Å². The van der Waals surface area contributed by atoms with Gasteiger partial charge in [0, 0.05) is 66.3 Å². The Balaban J connectivity index is 1.96. The molecule has 2 aromatic rings. The van der Waals surface area contributed by atoms with Gasteiger partial charge in [-0.15, -0.1) is 0 Å². The average molecular weight is 608 g/mol. The SMILES string of the molecule is CCCSCCC(=O)O/N=C(\CCS(C)(=O)=O)C(=O)c1cn(CC)c2ccc(C(=O)C(C)(C)N3CCOCC3)cc12. The number of carbonyl (C=O) groups excluding carboxylic acids is 3. The number of fused-ring (bicyclic) bond motifs is 1. The van der Waals surface area contributed by atoms with Gasteiger partial charge in [0.05, 0.1) is 30.9 Å². The van der Waals surface area contributed by atoms with Crippen molar-refractivity contribution in [1.29, 1.82) is 0 Å². The monoisotopic (exact) mass is 607 g/mol. The molecule has 10 nitrogen and oxygen atoms in total. The number of sulfone groups is 1. The fourth-order valence-corrected chi connectivity index (χ4v) is 6.06. The first-order chi connectivity index (χ1) is 19.4. The molecule has 2 heterocycles.